The molecule has 5 nitrogen and oxygen atoms in total. The minimum atomic E-state index is -0.253. The average molecular weight is 223 g/mol. The molecule has 0 radical (unpaired) electrons. The number of aryl methyl sites for hydroxylation is 1. The van der Waals surface area contributed by atoms with Crippen LogP contribution in [0.3, 0.4) is 0 Å². The highest BCUT2D eigenvalue weighted by Gasteiger charge is 2.13. The molecule has 1 amide bonds. The molecule has 0 saturated carbocycles. The van der Waals surface area contributed by atoms with E-state index in [1.165, 1.54) is 19.2 Å². The molecule has 0 bridgehead atoms. The van der Waals surface area contributed by atoms with Crippen LogP contribution in [0.4, 0.5) is 0 Å². The first-order chi connectivity index (χ1) is 7.41. The topological polar surface area (TPSA) is 64.0 Å². The monoisotopic (exact) mass is 223 g/mol. The van der Waals surface area contributed by atoms with E-state index in [9.17, 15) is 9.59 Å². The molecule has 1 heterocycles. The summed E-state index contributed by atoms with van der Waals surface area (Å²) in [6.07, 6.45) is 0. The smallest absolute Gasteiger partial charge is 0.271 e. The molecular formula is C11H17N3O2. The van der Waals surface area contributed by atoms with Gasteiger partial charge in [0.2, 0.25) is 0 Å². The summed E-state index contributed by atoms with van der Waals surface area (Å²) in [5.74, 6) is 0.105. The lowest BCUT2D eigenvalue weighted by molar-refractivity contribution is 0.0923. The van der Waals surface area contributed by atoms with Crippen LogP contribution in [0.15, 0.2) is 16.9 Å². The molecule has 0 aliphatic carbocycles. The first-order valence-corrected chi connectivity index (χ1v) is 5.27. The van der Waals surface area contributed by atoms with Crippen molar-refractivity contribution in [2.45, 2.75) is 26.8 Å². The molecule has 0 fully saturated rings. The molecule has 5 heteroatoms. The van der Waals surface area contributed by atoms with E-state index in [0.717, 1.165) is 4.68 Å². The number of aromatic nitrogens is 2. The van der Waals surface area contributed by atoms with Crippen LogP contribution in [-0.2, 0) is 7.05 Å². The van der Waals surface area contributed by atoms with E-state index in [-0.39, 0.29) is 23.2 Å². The molecule has 0 saturated heterocycles. The van der Waals surface area contributed by atoms with Crippen LogP contribution in [0, 0.1) is 5.92 Å². The first kappa shape index (κ1) is 12.4. The van der Waals surface area contributed by atoms with Crippen molar-refractivity contribution in [3.63, 3.8) is 0 Å². The molecule has 88 valence electrons. The molecule has 1 atom stereocenters. The lowest BCUT2D eigenvalue weighted by Gasteiger charge is -2.16. The van der Waals surface area contributed by atoms with Gasteiger partial charge in [0, 0.05) is 19.2 Å². The Morgan fingerprint density at radius 1 is 1.38 bits per heavy atom. The van der Waals surface area contributed by atoms with Gasteiger partial charge in [0.15, 0.2) is 0 Å². The van der Waals surface area contributed by atoms with E-state index in [0.29, 0.717) is 5.92 Å². The predicted molar refractivity (Wildman–Crippen MR) is 61.2 cm³/mol. The molecule has 0 aliphatic heterocycles. The van der Waals surface area contributed by atoms with Crippen LogP contribution in [-0.4, -0.2) is 21.7 Å². The largest absolute Gasteiger partial charge is 0.348 e. The Kier molecular flexibility index (Phi) is 3.82. The van der Waals surface area contributed by atoms with Gasteiger partial charge in [-0.25, -0.2) is 4.68 Å². The third-order valence-corrected chi connectivity index (χ3v) is 2.55. The van der Waals surface area contributed by atoms with Crippen molar-refractivity contribution < 1.29 is 4.79 Å². The summed E-state index contributed by atoms with van der Waals surface area (Å²) in [5, 5.41) is 6.70. The Bertz CT molecular complexity index is 437. The summed E-state index contributed by atoms with van der Waals surface area (Å²) in [4.78, 5) is 22.8. The number of amides is 1. The van der Waals surface area contributed by atoms with E-state index < -0.39 is 0 Å². The number of carbonyl (C=O) groups excluding carboxylic acids is 1. The van der Waals surface area contributed by atoms with Crippen LogP contribution < -0.4 is 10.9 Å². The molecule has 1 rings (SSSR count). The van der Waals surface area contributed by atoms with E-state index >= 15 is 0 Å². The van der Waals surface area contributed by atoms with Gasteiger partial charge in [0.25, 0.3) is 11.5 Å². The minimum absolute atomic E-state index is 0.0755. The molecular weight excluding hydrogens is 206 g/mol. The summed E-state index contributed by atoms with van der Waals surface area (Å²) < 4.78 is 1.15. The zero-order valence-electron chi connectivity index (χ0n) is 10.0. The van der Waals surface area contributed by atoms with Crippen LogP contribution in [0.1, 0.15) is 31.3 Å². The number of carbonyl (C=O) groups is 1. The maximum atomic E-state index is 11.7. The molecule has 16 heavy (non-hydrogen) atoms. The van der Waals surface area contributed by atoms with E-state index in [2.05, 4.69) is 10.4 Å². The van der Waals surface area contributed by atoms with Crippen molar-refractivity contribution >= 4 is 5.91 Å². The van der Waals surface area contributed by atoms with Crippen LogP contribution in [0.25, 0.3) is 0 Å². The SMILES string of the molecule is CC(C)[C@H](C)NC(=O)c1ccc(=O)n(C)n1. The van der Waals surface area contributed by atoms with Gasteiger partial charge in [-0.1, -0.05) is 13.8 Å². The third-order valence-electron chi connectivity index (χ3n) is 2.55. The fourth-order valence-corrected chi connectivity index (χ4v) is 1.07. The first-order valence-electron chi connectivity index (χ1n) is 5.27. The van der Waals surface area contributed by atoms with Crippen molar-refractivity contribution in [1.82, 2.24) is 15.1 Å². The van der Waals surface area contributed by atoms with Gasteiger partial charge in [-0.2, -0.15) is 5.10 Å². The Hall–Kier alpha value is -1.65. The molecule has 1 N–H and O–H groups in total. The van der Waals surface area contributed by atoms with Crippen molar-refractivity contribution in [3.05, 3.63) is 28.2 Å². The van der Waals surface area contributed by atoms with Crippen LogP contribution in [0.2, 0.25) is 0 Å². The number of hydrogen-bond acceptors (Lipinski definition) is 3. The zero-order chi connectivity index (χ0) is 12.3. The average Bonchev–Trinajstić information content (AvgIpc) is 2.21. The standard InChI is InChI=1S/C11H17N3O2/c1-7(2)8(3)12-11(16)9-5-6-10(15)14(4)13-9/h5-8H,1-4H3,(H,12,16)/t8-/m0/s1. The summed E-state index contributed by atoms with van der Waals surface area (Å²) in [6, 6.07) is 2.85. The maximum Gasteiger partial charge on any atom is 0.271 e. The third kappa shape index (κ3) is 2.92. The van der Waals surface area contributed by atoms with Gasteiger partial charge in [0.05, 0.1) is 0 Å². The maximum absolute atomic E-state index is 11.7. The highest BCUT2D eigenvalue weighted by atomic mass is 16.2. The Morgan fingerprint density at radius 3 is 2.50 bits per heavy atom. The van der Waals surface area contributed by atoms with Crippen molar-refractivity contribution in [3.8, 4) is 0 Å². The Balaban J connectivity index is 2.81. The summed E-state index contributed by atoms with van der Waals surface area (Å²) >= 11 is 0. The second-order valence-corrected chi connectivity index (χ2v) is 4.19. The van der Waals surface area contributed by atoms with E-state index in [1.54, 1.807) is 0 Å². The highest BCUT2D eigenvalue weighted by molar-refractivity contribution is 5.92. The molecule has 0 aromatic carbocycles. The van der Waals surface area contributed by atoms with Gasteiger partial charge in [-0.05, 0) is 18.9 Å². The Labute approximate surface area is 94.5 Å². The highest BCUT2D eigenvalue weighted by Crippen LogP contribution is 2.01. The quantitative estimate of drug-likeness (QED) is 0.814. The molecule has 1 aromatic heterocycles. The second-order valence-electron chi connectivity index (χ2n) is 4.19. The van der Waals surface area contributed by atoms with Crippen LogP contribution in [0.5, 0.6) is 0 Å². The lowest BCUT2D eigenvalue weighted by Crippen LogP contribution is -2.37. The molecule has 0 unspecified atom stereocenters. The predicted octanol–water partition coefficient (Wildman–Crippen LogP) is 0.555. The summed E-state index contributed by atoms with van der Waals surface area (Å²) in [5.41, 5.74) is 0.0306. The molecule has 0 spiro atoms. The minimum Gasteiger partial charge on any atom is -0.348 e. The van der Waals surface area contributed by atoms with Gasteiger partial charge in [0.1, 0.15) is 5.69 Å². The van der Waals surface area contributed by atoms with Gasteiger partial charge < -0.3 is 5.32 Å². The van der Waals surface area contributed by atoms with Crippen molar-refractivity contribution in [2.24, 2.45) is 13.0 Å². The van der Waals surface area contributed by atoms with Gasteiger partial charge in [-0.15, -0.1) is 0 Å². The number of hydrogen-bond donors (Lipinski definition) is 1. The summed E-state index contributed by atoms with van der Waals surface area (Å²) in [6.45, 7) is 5.99. The van der Waals surface area contributed by atoms with Gasteiger partial charge >= 0.3 is 0 Å². The van der Waals surface area contributed by atoms with E-state index in [4.69, 9.17) is 0 Å². The van der Waals surface area contributed by atoms with Crippen molar-refractivity contribution in [1.29, 1.82) is 0 Å². The zero-order valence-corrected chi connectivity index (χ0v) is 10.0. The summed E-state index contributed by atoms with van der Waals surface area (Å²) in [7, 11) is 1.52. The lowest BCUT2D eigenvalue weighted by atomic mass is 10.1. The number of nitrogens with one attached hydrogen (secondary N) is 1. The fraction of sp³-hybridized carbons (Fsp3) is 0.545. The fourth-order valence-electron chi connectivity index (χ4n) is 1.07. The number of nitrogens with zero attached hydrogens (tertiary/aromatic N) is 2. The second kappa shape index (κ2) is 4.92. The number of rotatable bonds is 3. The molecule has 1 aromatic rings. The van der Waals surface area contributed by atoms with Crippen LogP contribution >= 0.6 is 0 Å². The normalized spacial score (nSPS) is 12.6. The van der Waals surface area contributed by atoms with Gasteiger partial charge in [-0.3, -0.25) is 9.59 Å². The van der Waals surface area contributed by atoms with E-state index in [1.807, 2.05) is 20.8 Å². The van der Waals surface area contributed by atoms with Crippen molar-refractivity contribution in [2.75, 3.05) is 0 Å². The Morgan fingerprint density at radius 2 is 2.00 bits per heavy atom. The molecule has 0 aliphatic rings.